The summed E-state index contributed by atoms with van der Waals surface area (Å²) < 4.78 is 15.6. The van der Waals surface area contributed by atoms with Crippen molar-refractivity contribution in [3.05, 3.63) is 53.6 Å². The molecule has 2 heterocycles. The lowest BCUT2D eigenvalue weighted by Gasteiger charge is -2.22. The van der Waals surface area contributed by atoms with Crippen LogP contribution in [0.3, 0.4) is 0 Å². The predicted molar refractivity (Wildman–Crippen MR) is 105 cm³/mol. The SMILES string of the molecule is O=C(C[C@@H]1CCCCN1)Cn1cnc2ccc(-c3cc(F)cc(Cl)c3)cc21. The molecule has 0 saturated carbocycles. The molecule has 0 bridgehead atoms. The average Bonchev–Trinajstić information content (AvgIpc) is 3.04. The Kier molecular flexibility index (Phi) is 5.23. The van der Waals surface area contributed by atoms with E-state index in [1.165, 1.54) is 25.0 Å². The first-order valence-electron chi connectivity index (χ1n) is 9.25. The lowest BCUT2D eigenvalue weighted by Crippen LogP contribution is -2.36. The Morgan fingerprint density at radius 3 is 2.89 bits per heavy atom. The Morgan fingerprint density at radius 2 is 2.11 bits per heavy atom. The number of nitrogens with zero attached hydrogens (tertiary/aromatic N) is 2. The van der Waals surface area contributed by atoms with Gasteiger partial charge in [0.15, 0.2) is 5.78 Å². The molecule has 0 spiro atoms. The second kappa shape index (κ2) is 7.79. The zero-order valence-corrected chi connectivity index (χ0v) is 15.7. The fraction of sp³-hybridized carbons (Fsp3) is 0.333. The Bertz CT molecular complexity index is 958. The lowest BCUT2D eigenvalue weighted by atomic mass is 10.00. The number of halogens is 2. The van der Waals surface area contributed by atoms with Crippen molar-refractivity contribution in [3.8, 4) is 11.1 Å². The van der Waals surface area contributed by atoms with Gasteiger partial charge in [-0.3, -0.25) is 4.79 Å². The van der Waals surface area contributed by atoms with Crippen molar-refractivity contribution in [1.29, 1.82) is 0 Å². The minimum absolute atomic E-state index is 0.188. The first-order chi connectivity index (χ1) is 13.1. The monoisotopic (exact) mass is 385 g/mol. The van der Waals surface area contributed by atoms with Crippen molar-refractivity contribution in [2.24, 2.45) is 0 Å². The summed E-state index contributed by atoms with van der Waals surface area (Å²) in [4.78, 5) is 16.9. The van der Waals surface area contributed by atoms with Gasteiger partial charge in [-0.05, 0) is 60.8 Å². The van der Waals surface area contributed by atoms with Gasteiger partial charge in [-0.25, -0.2) is 9.37 Å². The highest BCUT2D eigenvalue weighted by molar-refractivity contribution is 6.30. The highest BCUT2D eigenvalue weighted by atomic mass is 35.5. The van der Waals surface area contributed by atoms with Crippen LogP contribution >= 0.6 is 11.6 Å². The maximum atomic E-state index is 13.7. The third kappa shape index (κ3) is 4.20. The van der Waals surface area contributed by atoms with Gasteiger partial charge < -0.3 is 9.88 Å². The van der Waals surface area contributed by atoms with E-state index in [0.29, 0.717) is 23.6 Å². The van der Waals surface area contributed by atoms with E-state index in [-0.39, 0.29) is 17.6 Å². The second-order valence-electron chi connectivity index (χ2n) is 7.12. The molecule has 3 aromatic rings. The molecule has 1 aliphatic heterocycles. The van der Waals surface area contributed by atoms with Crippen LogP contribution in [0.1, 0.15) is 25.7 Å². The topological polar surface area (TPSA) is 46.9 Å². The van der Waals surface area contributed by atoms with E-state index in [4.69, 9.17) is 11.6 Å². The van der Waals surface area contributed by atoms with Gasteiger partial charge in [-0.1, -0.05) is 24.1 Å². The van der Waals surface area contributed by atoms with Crippen molar-refractivity contribution in [2.75, 3.05) is 6.54 Å². The fourth-order valence-electron chi connectivity index (χ4n) is 3.71. The number of hydrogen-bond donors (Lipinski definition) is 1. The number of fused-ring (bicyclic) bond motifs is 1. The molecule has 1 fully saturated rings. The van der Waals surface area contributed by atoms with E-state index < -0.39 is 0 Å². The number of Topliss-reactive ketones (excluding diaryl/α,β-unsaturated/α-hetero) is 1. The van der Waals surface area contributed by atoms with Gasteiger partial charge in [0.1, 0.15) is 5.82 Å². The van der Waals surface area contributed by atoms with Crippen molar-refractivity contribution >= 4 is 28.4 Å². The summed E-state index contributed by atoms with van der Waals surface area (Å²) in [5.74, 6) is -0.186. The number of imidazole rings is 1. The summed E-state index contributed by atoms with van der Waals surface area (Å²) in [6, 6.07) is 10.4. The molecule has 0 radical (unpaired) electrons. The number of carbonyl (C=O) groups is 1. The van der Waals surface area contributed by atoms with Crippen molar-refractivity contribution in [3.63, 3.8) is 0 Å². The number of ketones is 1. The number of rotatable bonds is 5. The third-order valence-corrected chi connectivity index (χ3v) is 5.27. The molecule has 0 aliphatic carbocycles. The number of piperidine rings is 1. The Balaban J connectivity index is 1.57. The average molecular weight is 386 g/mol. The zero-order chi connectivity index (χ0) is 18.8. The summed E-state index contributed by atoms with van der Waals surface area (Å²) in [6.07, 6.45) is 5.65. The lowest BCUT2D eigenvalue weighted by molar-refractivity contribution is -0.120. The van der Waals surface area contributed by atoms with E-state index in [1.807, 2.05) is 22.8 Å². The first kappa shape index (κ1) is 18.1. The smallest absolute Gasteiger partial charge is 0.154 e. The maximum Gasteiger partial charge on any atom is 0.154 e. The van der Waals surface area contributed by atoms with Crippen LogP contribution in [0, 0.1) is 5.82 Å². The molecule has 0 unspecified atom stereocenters. The number of carbonyl (C=O) groups excluding carboxylic acids is 1. The summed E-state index contributed by atoms with van der Waals surface area (Å²) in [6.45, 7) is 1.29. The Labute approximate surface area is 162 Å². The summed E-state index contributed by atoms with van der Waals surface area (Å²) >= 11 is 5.98. The fourth-order valence-corrected chi connectivity index (χ4v) is 3.93. The molecule has 27 heavy (non-hydrogen) atoms. The molecule has 6 heteroatoms. The quantitative estimate of drug-likeness (QED) is 0.698. The second-order valence-corrected chi connectivity index (χ2v) is 7.56. The number of benzene rings is 2. The molecular weight excluding hydrogens is 365 g/mol. The van der Waals surface area contributed by atoms with E-state index in [1.54, 1.807) is 12.4 Å². The molecule has 4 rings (SSSR count). The Hall–Kier alpha value is -2.24. The molecule has 4 nitrogen and oxygen atoms in total. The molecule has 0 amide bonds. The van der Waals surface area contributed by atoms with Crippen LogP contribution in [-0.2, 0) is 11.3 Å². The molecule has 1 aromatic heterocycles. The van der Waals surface area contributed by atoms with E-state index in [0.717, 1.165) is 29.6 Å². The molecular formula is C21H21ClFN3O. The summed E-state index contributed by atoms with van der Waals surface area (Å²) in [7, 11) is 0. The zero-order valence-electron chi connectivity index (χ0n) is 14.9. The van der Waals surface area contributed by atoms with E-state index in [9.17, 15) is 9.18 Å². The van der Waals surface area contributed by atoms with Crippen LogP contribution in [0.4, 0.5) is 4.39 Å². The molecule has 1 atom stereocenters. The molecule has 1 saturated heterocycles. The van der Waals surface area contributed by atoms with Crippen molar-refractivity contribution in [1.82, 2.24) is 14.9 Å². The molecule has 140 valence electrons. The first-order valence-corrected chi connectivity index (χ1v) is 9.63. The minimum atomic E-state index is -0.374. The van der Waals surface area contributed by atoms with Crippen LogP contribution in [-0.4, -0.2) is 27.9 Å². The highest BCUT2D eigenvalue weighted by Crippen LogP contribution is 2.27. The van der Waals surface area contributed by atoms with Gasteiger partial charge in [-0.2, -0.15) is 0 Å². The van der Waals surface area contributed by atoms with Gasteiger partial charge in [0.05, 0.1) is 23.9 Å². The largest absolute Gasteiger partial charge is 0.323 e. The maximum absolute atomic E-state index is 13.7. The highest BCUT2D eigenvalue weighted by Gasteiger charge is 2.17. The van der Waals surface area contributed by atoms with Gasteiger partial charge >= 0.3 is 0 Å². The summed E-state index contributed by atoms with van der Waals surface area (Å²) in [5, 5.41) is 3.77. The van der Waals surface area contributed by atoms with Crippen LogP contribution in [0.15, 0.2) is 42.7 Å². The molecule has 2 aromatic carbocycles. The van der Waals surface area contributed by atoms with Gasteiger partial charge in [0, 0.05) is 17.5 Å². The summed E-state index contributed by atoms with van der Waals surface area (Å²) in [5.41, 5.74) is 3.21. The minimum Gasteiger partial charge on any atom is -0.323 e. The van der Waals surface area contributed by atoms with Crippen LogP contribution in [0.2, 0.25) is 5.02 Å². The van der Waals surface area contributed by atoms with Crippen molar-refractivity contribution in [2.45, 2.75) is 38.3 Å². The van der Waals surface area contributed by atoms with Crippen molar-refractivity contribution < 1.29 is 9.18 Å². The number of nitrogens with one attached hydrogen (secondary N) is 1. The van der Waals surface area contributed by atoms with E-state index >= 15 is 0 Å². The van der Waals surface area contributed by atoms with Crippen LogP contribution < -0.4 is 5.32 Å². The molecule has 1 N–H and O–H groups in total. The van der Waals surface area contributed by atoms with Crippen LogP contribution in [0.5, 0.6) is 0 Å². The normalized spacial score (nSPS) is 17.3. The number of aromatic nitrogens is 2. The van der Waals surface area contributed by atoms with E-state index in [2.05, 4.69) is 10.3 Å². The van der Waals surface area contributed by atoms with Gasteiger partial charge in [0.2, 0.25) is 0 Å². The molecule has 1 aliphatic rings. The Morgan fingerprint density at radius 1 is 1.22 bits per heavy atom. The van der Waals surface area contributed by atoms with Gasteiger partial charge in [-0.15, -0.1) is 0 Å². The number of hydrogen-bond acceptors (Lipinski definition) is 3. The predicted octanol–water partition coefficient (Wildman–Crippen LogP) is 4.60. The standard InChI is InChI=1S/C21H21ClFN3O/c22-16-7-15(8-17(23)10-16)14-4-5-20-21(9-14)26(13-25-20)12-19(27)11-18-3-1-2-6-24-18/h4-5,7-10,13,18,24H,1-3,6,11-12H2/t18-/m0/s1. The van der Waals surface area contributed by atoms with Gasteiger partial charge in [0.25, 0.3) is 0 Å². The van der Waals surface area contributed by atoms with Crippen LogP contribution in [0.25, 0.3) is 22.2 Å². The third-order valence-electron chi connectivity index (χ3n) is 5.05.